The molecule has 2 aromatic carbocycles. The standard InChI is InChI=1S/C20H16N2OS2/c1-12-8-9-17-16(10-12)15(13(2)21-17)11-18-19(23)22(20(24)25-18)14-6-4-3-5-7-14/h3-11,23H,1-2H3. The Hall–Kier alpha value is -2.50. The minimum atomic E-state index is 0.169. The highest BCUT2D eigenvalue weighted by Crippen LogP contribution is 2.39. The minimum Gasteiger partial charge on any atom is -0.493 e. The van der Waals surface area contributed by atoms with E-state index in [2.05, 4.69) is 24.0 Å². The van der Waals surface area contributed by atoms with Crippen LogP contribution in [-0.4, -0.2) is 15.4 Å². The summed E-state index contributed by atoms with van der Waals surface area (Å²) in [6.45, 7) is 4.06. The first-order valence-corrected chi connectivity index (χ1v) is 9.15. The van der Waals surface area contributed by atoms with Gasteiger partial charge in [-0.3, -0.25) is 9.56 Å². The molecule has 0 spiro atoms. The van der Waals surface area contributed by atoms with Crippen LogP contribution < -0.4 is 0 Å². The van der Waals surface area contributed by atoms with Gasteiger partial charge in [0.15, 0.2) is 3.95 Å². The van der Waals surface area contributed by atoms with Gasteiger partial charge in [-0.2, -0.15) is 0 Å². The van der Waals surface area contributed by atoms with Crippen molar-refractivity contribution in [2.75, 3.05) is 0 Å². The molecule has 3 aromatic rings. The Morgan fingerprint density at radius 2 is 1.88 bits per heavy atom. The van der Waals surface area contributed by atoms with Crippen LogP contribution >= 0.6 is 23.6 Å². The van der Waals surface area contributed by atoms with E-state index in [1.807, 2.05) is 49.4 Å². The molecule has 0 saturated carbocycles. The van der Waals surface area contributed by atoms with Crippen molar-refractivity contribution in [1.82, 2.24) is 4.57 Å². The number of allylic oxidation sites excluding steroid dienone is 1. The number of aliphatic imine (C=N–C) groups is 1. The quantitative estimate of drug-likeness (QED) is 0.572. The summed E-state index contributed by atoms with van der Waals surface area (Å²) < 4.78 is 2.32. The first-order valence-electron chi connectivity index (χ1n) is 7.93. The van der Waals surface area contributed by atoms with Gasteiger partial charge >= 0.3 is 0 Å². The number of aromatic hydroxyl groups is 1. The number of para-hydroxylation sites is 1. The predicted octanol–water partition coefficient (Wildman–Crippen LogP) is 5.93. The average Bonchev–Trinajstić information content (AvgIpc) is 3.05. The second-order valence-electron chi connectivity index (χ2n) is 6.00. The van der Waals surface area contributed by atoms with Gasteiger partial charge in [-0.25, -0.2) is 0 Å². The predicted molar refractivity (Wildman–Crippen MR) is 108 cm³/mol. The fourth-order valence-corrected chi connectivity index (χ4v) is 4.28. The van der Waals surface area contributed by atoms with Crippen LogP contribution in [0.1, 0.15) is 22.9 Å². The molecule has 1 N–H and O–H groups in total. The number of benzene rings is 2. The summed E-state index contributed by atoms with van der Waals surface area (Å²) in [5, 5.41) is 10.7. The first-order chi connectivity index (χ1) is 12.0. The molecule has 124 valence electrons. The van der Waals surface area contributed by atoms with Crippen LogP contribution in [0.15, 0.2) is 53.5 Å². The van der Waals surface area contributed by atoms with Gasteiger partial charge in [0.1, 0.15) is 0 Å². The van der Waals surface area contributed by atoms with Gasteiger partial charge in [0.25, 0.3) is 0 Å². The molecule has 0 bridgehead atoms. The summed E-state index contributed by atoms with van der Waals surface area (Å²) in [6, 6.07) is 15.9. The molecule has 0 radical (unpaired) electrons. The number of fused-ring (bicyclic) bond motifs is 1. The van der Waals surface area contributed by atoms with Crippen LogP contribution in [0.25, 0.3) is 17.3 Å². The molecule has 1 aliphatic rings. The van der Waals surface area contributed by atoms with Crippen LogP contribution in [0.2, 0.25) is 0 Å². The number of nitrogens with zero attached hydrogens (tertiary/aromatic N) is 2. The zero-order valence-corrected chi connectivity index (χ0v) is 15.5. The number of hydrogen-bond acceptors (Lipinski definition) is 4. The molecule has 2 heterocycles. The molecule has 0 unspecified atom stereocenters. The average molecular weight is 364 g/mol. The molecule has 25 heavy (non-hydrogen) atoms. The first kappa shape index (κ1) is 16.0. The van der Waals surface area contributed by atoms with Crippen molar-refractivity contribution >= 4 is 46.6 Å². The molecular weight excluding hydrogens is 348 g/mol. The van der Waals surface area contributed by atoms with Crippen LogP contribution in [0, 0.1) is 10.9 Å². The Balaban J connectivity index is 1.86. The zero-order valence-electron chi connectivity index (χ0n) is 13.9. The van der Waals surface area contributed by atoms with Crippen LogP contribution in [-0.2, 0) is 0 Å². The van der Waals surface area contributed by atoms with Gasteiger partial charge in [-0.1, -0.05) is 29.8 Å². The number of aromatic nitrogens is 1. The maximum absolute atomic E-state index is 10.7. The highest BCUT2D eigenvalue weighted by molar-refractivity contribution is 7.73. The van der Waals surface area contributed by atoms with Crippen molar-refractivity contribution in [2.24, 2.45) is 4.99 Å². The SMILES string of the molecule is CC1=Nc2ccc(C)cc2C1=Cc1sc(=S)n(-c2ccccc2)c1O. The van der Waals surface area contributed by atoms with Crippen molar-refractivity contribution in [3.05, 3.63) is 68.5 Å². The lowest BCUT2D eigenvalue weighted by Crippen LogP contribution is -1.93. The summed E-state index contributed by atoms with van der Waals surface area (Å²) >= 11 is 6.87. The van der Waals surface area contributed by atoms with E-state index in [0.717, 1.165) is 33.1 Å². The lowest BCUT2D eigenvalue weighted by Gasteiger charge is -2.05. The summed E-state index contributed by atoms with van der Waals surface area (Å²) in [5.74, 6) is 0.169. The van der Waals surface area contributed by atoms with Crippen LogP contribution in [0.3, 0.4) is 0 Å². The van der Waals surface area contributed by atoms with Gasteiger partial charge in [-0.15, -0.1) is 11.3 Å². The Bertz CT molecular complexity index is 1090. The van der Waals surface area contributed by atoms with Crippen molar-refractivity contribution in [3.63, 3.8) is 0 Å². The van der Waals surface area contributed by atoms with Gasteiger partial charge in [0.05, 0.1) is 16.3 Å². The van der Waals surface area contributed by atoms with Gasteiger partial charge in [0, 0.05) is 16.8 Å². The van der Waals surface area contributed by atoms with Crippen molar-refractivity contribution in [1.29, 1.82) is 0 Å². The van der Waals surface area contributed by atoms with E-state index in [0.29, 0.717) is 3.95 Å². The summed E-state index contributed by atoms with van der Waals surface area (Å²) in [4.78, 5) is 5.37. The van der Waals surface area contributed by atoms with Gasteiger partial charge in [-0.05, 0) is 56.4 Å². The van der Waals surface area contributed by atoms with E-state index >= 15 is 0 Å². The third-order valence-electron chi connectivity index (χ3n) is 4.22. The van der Waals surface area contributed by atoms with E-state index in [-0.39, 0.29) is 5.88 Å². The fraction of sp³-hybridized carbons (Fsp3) is 0.100. The Kier molecular flexibility index (Phi) is 3.90. The smallest absolute Gasteiger partial charge is 0.215 e. The highest BCUT2D eigenvalue weighted by atomic mass is 32.1. The molecule has 1 aliphatic heterocycles. The topological polar surface area (TPSA) is 37.5 Å². The molecule has 0 amide bonds. The maximum atomic E-state index is 10.7. The zero-order chi connectivity index (χ0) is 17.6. The molecule has 0 saturated heterocycles. The number of hydrogen-bond donors (Lipinski definition) is 1. The molecule has 3 nitrogen and oxygen atoms in total. The van der Waals surface area contributed by atoms with Crippen LogP contribution in [0.4, 0.5) is 5.69 Å². The van der Waals surface area contributed by atoms with E-state index in [4.69, 9.17) is 12.2 Å². The van der Waals surface area contributed by atoms with Crippen molar-refractivity contribution < 1.29 is 5.11 Å². The van der Waals surface area contributed by atoms with E-state index < -0.39 is 0 Å². The van der Waals surface area contributed by atoms with Crippen LogP contribution in [0.5, 0.6) is 5.88 Å². The normalized spacial score (nSPS) is 14.6. The van der Waals surface area contributed by atoms with E-state index in [1.165, 1.54) is 16.9 Å². The molecule has 4 rings (SSSR count). The number of rotatable bonds is 2. The van der Waals surface area contributed by atoms with Crippen molar-refractivity contribution in [3.8, 4) is 11.6 Å². The third kappa shape index (κ3) is 2.75. The lowest BCUT2D eigenvalue weighted by molar-refractivity contribution is 0.441. The Morgan fingerprint density at radius 1 is 1.12 bits per heavy atom. The molecule has 0 atom stereocenters. The minimum absolute atomic E-state index is 0.169. The lowest BCUT2D eigenvalue weighted by atomic mass is 10.0. The van der Waals surface area contributed by atoms with Gasteiger partial charge in [0.2, 0.25) is 5.88 Å². The highest BCUT2D eigenvalue weighted by Gasteiger charge is 2.20. The Morgan fingerprint density at radius 3 is 2.64 bits per heavy atom. The monoisotopic (exact) mass is 364 g/mol. The Labute approximate surface area is 155 Å². The molecule has 0 fully saturated rings. The van der Waals surface area contributed by atoms with Gasteiger partial charge < -0.3 is 5.11 Å². The summed E-state index contributed by atoms with van der Waals surface area (Å²) in [7, 11) is 0. The number of thiazole rings is 1. The molecule has 0 aliphatic carbocycles. The largest absolute Gasteiger partial charge is 0.493 e. The summed E-state index contributed by atoms with van der Waals surface area (Å²) in [6.07, 6.45) is 1.99. The second kappa shape index (κ2) is 6.10. The van der Waals surface area contributed by atoms with Crippen molar-refractivity contribution in [2.45, 2.75) is 13.8 Å². The third-order valence-corrected chi connectivity index (χ3v) is 5.53. The molecule has 1 aromatic heterocycles. The maximum Gasteiger partial charge on any atom is 0.215 e. The van der Waals surface area contributed by atoms with E-state index in [9.17, 15) is 5.11 Å². The molecular formula is C20H16N2OS2. The molecule has 5 heteroatoms. The number of aryl methyl sites for hydroxylation is 1. The van der Waals surface area contributed by atoms with E-state index in [1.54, 1.807) is 4.57 Å². The second-order valence-corrected chi connectivity index (χ2v) is 7.68. The summed E-state index contributed by atoms with van der Waals surface area (Å²) in [5.41, 5.74) is 6.10. The fourth-order valence-electron chi connectivity index (χ4n) is 2.99.